The van der Waals surface area contributed by atoms with Gasteiger partial charge >= 0.3 is 0 Å². The molecule has 0 aliphatic carbocycles. The van der Waals surface area contributed by atoms with E-state index in [1.807, 2.05) is 0 Å². The maximum Gasteiger partial charge on any atom is 0.243 e. The standard InChI is InChI=1S/C13H18FN3O3S/c1-9-12(14)7-11(15)8-13(9)21(19,20)17-5-3-16(4-6-17)10(2)18/h7-8H,3-6,15H2,1-2H3. The van der Waals surface area contributed by atoms with Crippen LogP contribution in [0.1, 0.15) is 12.5 Å². The molecule has 0 aromatic heterocycles. The summed E-state index contributed by atoms with van der Waals surface area (Å²) < 4.78 is 40.1. The summed E-state index contributed by atoms with van der Waals surface area (Å²) in [5.41, 5.74) is 5.66. The first-order valence-electron chi connectivity index (χ1n) is 6.55. The lowest BCUT2D eigenvalue weighted by Gasteiger charge is -2.33. The van der Waals surface area contributed by atoms with Gasteiger partial charge in [0, 0.05) is 44.4 Å². The van der Waals surface area contributed by atoms with Crippen LogP contribution in [-0.2, 0) is 14.8 Å². The first kappa shape index (κ1) is 15.7. The number of rotatable bonds is 2. The molecular formula is C13H18FN3O3S. The second kappa shape index (κ2) is 5.61. The van der Waals surface area contributed by atoms with Crippen LogP contribution in [0.2, 0.25) is 0 Å². The normalized spacial score (nSPS) is 17.0. The second-order valence-electron chi connectivity index (χ2n) is 5.04. The van der Waals surface area contributed by atoms with E-state index in [-0.39, 0.29) is 35.1 Å². The smallest absolute Gasteiger partial charge is 0.243 e. The predicted octanol–water partition coefficient (Wildman–Crippen LogP) is 0.569. The summed E-state index contributed by atoms with van der Waals surface area (Å²) in [5, 5.41) is 0. The molecule has 1 fully saturated rings. The zero-order chi connectivity index (χ0) is 15.8. The summed E-state index contributed by atoms with van der Waals surface area (Å²) in [6.45, 7) is 3.90. The molecule has 1 heterocycles. The molecule has 1 aliphatic heterocycles. The van der Waals surface area contributed by atoms with Crippen LogP contribution < -0.4 is 5.73 Å². The molecule has 2 N–H and O–H groups in total. The minimum Gasteiger partial charge on any atom is -0.399 e. The maximum absolute atomic E-state index is 13.7. The molecule has 0 atom stereocenters. The number of amides is 1. The molecule has 8 heteroatoms. The number of carbonyl (C=O) groups excluding carboxylic acids is 1. The number of benzene rings is 1. The van der Waals surface area contributed by atoms with E-state index in [9.17, 15) is 17.6 Å². The number of nitrogen functional groups attached to an aromatic ring is 1. The topological polar surface area (TPSA) is 83.7 Å². The lowest BCUT2D eigenvalue weighted by Crippen LogP contribution is -2.50. The molecule has 1 aliphatic rings. The molecule has 1 amide bonds. The molecule has 2 rings (SSSR count). The molecule has 1 aromatic rings. The highest BCUT2D eigenvalue weighted by molar-refractivity contribution is 7.89. The van der Waals surface area contributed by atoms with Crippen molar-refractivity contribution in [3.8, 4) is 0 Å². The van der Waals surface area contributed by atoms with Gasteiger partial charge in [0.2, 0.25) is 15.9 Å². The SMILES string of the molecule is CC(=O)N1CCN(S(=O)(=O)c2cc(N)cc(F)c2C)CC1. The van der Waals surface area contributed by atoms with Gasteiger partial charge in [-0.1, -0.05) is 0 Å². The number of sulfonamides is 1. The number of halogens is 1. The summed E-state index contributed by atoms with van der Waals surface area (Å²) in [4.78, 5) is 12.7. The van der Waals surface area contributed by atoms with Crippen molar-refractivity contribution in [1.29, 1.82) is 0 Å². The number of piperazine rings is 1. The Balaban J connectivity index is 2.30. The third-order valence-electron chi connectivity index (χ3n) is 3.62. The van der Waals surface area contributed by atoms with E-state index in [2.05, 4.69) is 0 Å². The van der Waals surface area contributed by atoms with Gasteiger partial charge < -0.3 is 10.6 Å². The molecule has 1 saturated heterocycles. The van der Waals surface area contributed by atoms with Gasteiger partial charge in [0.15, 0.2) is 0 Å². The molecule has 1 aromatic carbocycles. The molecule has 0 spiro atoms. The molecule has 0 unspecified atom stereocenters. The molecular weight excluding hydrogens is 297 g/mol. The Hall–Kier alpha value is -1.67. The molecule has 6 nitrogen and oxygen atoms in total. The highest BCUT2D eigenvalue weighted by Gasteiger charge is 2.31. The van der Waals surface area contributed by atoms with Crippen molar-refractivity contribution in [1.82, 2.24) is 9.21 Å². The minimum atomic E-state index is -3.81. The fourth-order valence-electron chi connectivity index (χ4n) is 2.32. The maximum atomic E-state index is 13.7. The fraction of sp³-hybridized carbons (Fsp3) is 0.462. The van der Waals surface area contributed by atoms with Crippen molar-refractivity contribution in [3.05, 3.63) is 23.5 Å². The van der Waals surface area contributed by atoms with Gasteiger partial charge in [0.05, 0.1) is 4.90 Å². The number of carbonyl (C=O) groups is 1. The van der Waals surface area contributed by atoms with Gasteiger partial charge in [-0.2, -0.15) is 4.31 Å². The van der Waals surface area contributed by atoms with E-state index in [0.717, 1.165) is 6.07 Å². The van der Waals surface area contributed by atoms with Crippen LogP contribution in [-0.4, -0.2) is 49.7 Å². The first-order valence-corrected chi connectivity index (χ1v) is 7.99. The van der Waals surface area contributed by atoms with Gasteiger partial charge in [0.1, 0.15) is 5.82 Å². The van der Waals surface area contributed by atoms with Crippen LogP contribution in [0.3, 0.4) is 0 Å². The minimum absolute atomic E-state index is 0.0539. The van der Waals surface area contributed by atoms with Crippen LogP contribution in [0, 0.1) is 12.7 Å². The molecule has 0 saturated carbocycles. The first-order chi connectivity index (χ1) is 9.73. The van der Waals surface area contributed by atoms with Crippen LogP contribution in [0.5, 0.6) is 0 Å². The fourth-order valence-corrected chi connectivity index (χ4v) is 4.02. The van der Waals surface area contributed by atoms with Gasteiger partial charge in [-0.3, -0.25) is 4.79 Å². The van der Waals surface area contributed by atoms with Gasteiger partial charge in [0.25, 0.3) is 0 Å². The van der Waals surface area contributed by atoms with Gasteiger partial charge in [-0.15, -0.1) is 0 Å². The summed E-state index contributed by atoms with van der Waals surface area (Å²) in [7, 11) is -3.81. The van der Waals surface area contributed by atoms with Crippen LogP contribution in [0.25, 0.3) is 0 Å². The lowest BCUT2D eigenvalue weighted by molar-refractivity contribution is -0.129. The van der Waals surface area contributed by atoms with Crippen LogP contribution >= 0.6 is 0 Å². The predicted molar refractivity (Wildman–Crippen MR) is 76.6 cm³/mol. The van der Waals surface area contributed by atoms with Gasteiger partial charge in [-0.05, 0) is 19.1 Å². The Morgan fingerprint density at radius 2 is 1.81 bits per heavy atom. The van der Waals surface area contributed by atoms with Crippen LogP contribution in [0.15, 0.2) is 17.0 Å². The van der Waals surface area contributed by atoms with Crippen molar-refractivity contribution in [2.75, 3.05) is 31.9 Å². The van der Waals surface area contributed by atoms with E-state index in [1.54, 1.807) is 4.90 Å². The third-order valence-corrected chi connectivity index (χ3v) is 5.65. The lowest BCUT2D eigenvalue weighted by atomic mass is 10.2. The zero-order valence-electron chi connectivity index (χ0n) is 12.0. The number of nitrogens with zero attached hydrogens (tertiary/aromatic N) is 2. The summed E-state index contributed by atoms with van der Waals surface area (Å²) in [6.07, 6.45) is 0. The monoisotopic (exact) mass is 315 g/mol. The summed E-state index contributed by atoms with van der Waals surface area (Å²) in [6, 6.07) is 2.37. The number of hydrogen-bond acceptors (Lipinski definition) is 4. The molecule has 0 bridgehead atoms. The van der Waals surface area contributed by atoms with Crippen molar-refractivity contribution >= 4 is 21.6 Å². The Labute approximate surface area is 123 Å². The van der Waals surface area contributed by atoms with E-state index in [1.165, 1.54) is 24.2 Å². The molecule has 116 valence electrons. The molecule has 21 heavy (non-hydrogen) atoms. The Morgan fingerprint density at radius 3 is 2.33 bits per heavy atom. The Kier molecular flexibility index (Phi) is 4.20. The van der Waals surface area contributed by atoms with Crippen molar-refractivity contribution < 1.29 is 17.6 Å². The average molecular weight is 315 g/mol. The highest BCUT2D eigenvalue weighted by Crippen LogP contribution is 2.25. The van der Waals surface area contributed by atoms with Crippen LogP contribution in [0.4, 0.5) is 10.1 Å². The number of anilines is 1. The highest BCUT2D eigenvalue weighted by atomic mass is 32.2. The van der Waals surface area contributed by atoms with E-state index >= 15 is 0 Å². The Bertz CT molecular complexity index is 667. The van der Waals surface area contributed by atoms with Gasteiger partial charge in [-0.25, -0.2) is 12.8 Å². The van der Waals surface area contributed by atoms with Crippen molar-refractivity contribution in [2.45, 2.75) is 18.7 Å². The third kappa shape index (κ3) is 3.01. The van der Waals surface area contributed by atoms with E-state index in [4.69, 9.17) is 5.73 Å². The zero-order valence-corrected chi connectivity index (χ0v) is 12.8. The van der Waals surface area contributed by atoms with Crippen molar-refractivity contribution in [3.63, 3.8) is 0 Å². The summed E-state index contributed by atoms with van der Waals surface area (Å²) in [5.74, 6) is -0.728. The van der Waals surface area contributed by atoms with E-state index < -0.39 is 15.8 Å². The average Bonchev–Trinajstić information content (AvgIpc) is 2.42. The van der Waals surface area contributed by atoms with Crippen molar-refractivity contribution in [2.24, 2.45) is 0 Å². The van der Waals surface area contributed by atoms with E-state index in [0.29, 0.717) is 13.1 Å². The quantitative estimate of drug-likeness (QED) is 0.809. The molecule has 0 radical (unpaired) electrons. The number of hydrogen-bond donors (Lipinski definition) is 1. The largest absolute Gasteiger partial charge is 0.399 e. The second-order valence-corrected chi connectivity index (χ2v) is 6.94. The summed E-state index contributed by atoms with van der Waals surface area (Å²) >= 11 is 0. The number of nitrogens with two attached hydrogens (primary N) is 1. The Morgan fingerprint density at radius 1 is 1.24 bits per heavy atom.